The number of nitrogen functional groups attached to an aromatic ring is 1. The van der Waals surface area contributed by atoms with Gasteiger partial charge in [-0.25, -0.2) is 10.1 Å². The summed E-state index contributed by atoms with van der Waals surface area (Å²) in [6, 6.07) is 17.3. The molecular formula is C25H20N10O5. The number of aromatic nitrogens is 5. The number of nitro groups is 1. The van der Waals surface area contributed by atoms with Crippen molar-refractivity contribution in [2.45, 2.75) is 13.0 Å². The molecule has 0 atom stereocenters. The minimum Gasteiger partial charge on any atom is -0.455 e. The van der Waals surface area contributed by atoms with Crippen LogP contribution in [0.15, 0.2) is 74.8 Å². The number of nitro benzene ring substituents is 1. The zero-order chi connectivity index (χ0) is 27.6. The second kappa shape index (κ2) is 10.1. The molecule has 6 rings (SSSR count). The Morgan fingerprint density at radius 1 is 1.18 bits per heavy atom. The number of furan rings is 1. The summed E-state index contributed by atoms with van der Waals surface area (Å²) in [5, 5.41) is 30.6. The summed E-state index contributed by atoms with van der Waals surface area (Å²) in [5.74, 6) is 0.217. The van der Waals surface area contributed by atoms with E-state index >= 15 is 0 Å². The fraction of sp³-hybridized carbons (Fsp3) is 0.120. The third-order valence-electron chi connectivity index (χ3n) is 6.32. The quantitative estimate of drug-likeness (QED) is 0.167. The first-order valence-electron chi connectivity index (χ1n) is 12.0. The van der Waals surface area contributed by atoms with Crippen LogP contribution in [0, 0.1) is 10.1 Å². The molecule has 0 saturated heterocycles. The van der Waals surface area contributed by atoms with Gasteiger partial charge in [0.05, 0.1) is 23.4 Å². The Kier molecular flexibility index (Phi) is 6.20. The van der Waals surface area contributed by atoms with E-state index in [2.05, 4.69) is 42.1 Å². The van der Waals surface area contributed by atoms with Crippen molar-refractivity contribution >= 4 is 29.3 Å². The number of hydrogen-bond donors (Lipinski definition) is 2. The maximum atomic E-state index is 13.1. The van der Waals surface area contributed by atoms with E-state index in [0.29, 0.717) is 22.8 Å². The molecule has 15 heteroatoms. The second-order valence-electron chi connectivity index (χ2n) is 8.78. The van der Waals surface area contributed by atoms with Gasteiger partial charge in [0.15, 0.2) is 5.69 Å². The molecule has 0 radical (unpaired) electrons. The zero-order valence-electron chi connectivity index (χ0n) is 20.7. The SMILES string of the molecule is Nc1nonc1-n1nnc(C(=O)N/N=C\c2ccc(-c3cccc([N+](=O)[O-])c3)o2)c1CN1CCc2ccccc21. The molecule has 40 heavy (non-hydrogen) atoms. The van der Waals surface area contributed by atoms with E-state index in [-0.39, 0.29) is 29.6 Å². The molecule has 2 aromatic carbocycles. The first-order valence-corrected chi connectivity index (χ1v) is 12.0. The number of anilines is 2. The van der Waals surface area contributed by atoms with Gasteiger partial charge in [0.1, 0.15) is 11.5 Å². The standard InChI is InChI=1S/C25H20N10O5/c26-23-24(31-40-30-23)34-20(14-33-11-10-15-4-1-2-7-19(15)33)22(28-32-34)25(36)29-27-13-18-8-9-21(39-18)16-5-3-6-17(12-16)35(37)38/h1-9,12-13H,10-11,14H2,(H2,26,30)(H,29,36)/b27-13-. The van der Waals surface area contributed by atoms with Crippen LogP contribution in [0.5, 0.6) is 0 Å². The molecule has 0 bridgehead atoms. The molecule has 15 nitrogen and oxygen atoms in total. The average Bonchev–Trinajstić information content (AvgIpc) is 3.76. The van der Waals surface area contributed by atoms with Crippen molar-refractivity contribution < 1.29 is 18.8 Å². The Morgan fingerprint density at radius 2 is 2.05 bits per heavy atom. The maximum absolute atomic E-state index is 13.1. The number of hydrazone groups is 1. The summed E-state index contributed by atoms with van der Waals surface area (Å²) in [7, 11) is 0. The molecule has 1 aliphatic rings. The molecule has 5 aromatic rings. The van der Waals surface area contributed by atoms with Crippen LogP contribution in [0.3, 0.4) is 0 Å². The molecule has 3 N–H and O–H groups in total. The molecule has 1 amide bonds. The van der Waals surface area contributed by atoms with Gasteiger partial charge in [-0.15, -0.1) is 5.10 Å². The number of carbonyl (C=O) groups excluding carboxylic acids is 1. The molecule has 0 spiro atoms. The summed E-state index contributed by atoms with van der Waals surface area (Å²) in [6.45, 7) is 1.02. The normalized spacial score (nSPS) is 12.7. The molecule has 3 aromatic heterocycles. The molecule has 0 fully saturated rings. The number of para-hydroxylation sites is 1. The van der Waals surface area contributed by atoms with Crippen molar-refractivity contribution in [3.8, 4) is 17.1 Å². The van der Waals surface area contributed by atoms with Crippen molar-refractivity contribution in [3.05, 3.63) is 93.5 Å². The van der Waals surface area contributed by atoms with Crippen molar-refractivity contribution in [2.24, 2.45) is 5.10 Å². The predicted molar refractivity (Wildman–Crippen MR) is 141 cm³/mol. The molecular weight excluding hydrogens is 520 g/mol. The summed E-state index contributed by atoms with van der Waals surface area (Å²) < 4.78 is 11.7. The first-order chi connectivity index (χ1) is 19.5. The minimum atomic E-state index is -0.620. The third kappa shape index (κ3) is 4.62. The van der Waals surface area contributed by atoms with E-state index in [0.717, 1.165) is 18.7 Å². The summed E-state index contributed by atoms with van der Waals surface area (Å²) in [6.07, 6.45) is 2.16. The zero-order valence-corrected chi connectivity index (χ0v) is 20.7. The number of nitrogens with two attached hydrogens (primary N) is 1. The van der Waals surface area contributed by atoms with Gasteiger partial charge >= 0.3 is 0 Å². The van der Waals surface area contributed by atoms with Gasteiger partial charge in [0, 0.05) is 29.9 Å². The van der Waals surface area contributed by atoms with Crippen LogP contribution in [-0.4, -0.2) is 48.9 Å². The fourth-order valence-electron chi connectivity index (χ4n) is 4.44. The Labute approximate surface area is 225 Å². The number of rotatable bonds is 8. The van der Waals surface area contributed by atoms with Crippen molar-refractivity contribution in [1.82, 2.24) is 30.7 Å². The maximum Gasteiger partial charge on any atom is 0.293 e. The lowest BCUT2D eigenvalue weighted by atomic mass is 10.1. The third-order valence-corrected chi connectivity index (χ3v) is 6.32. The van der Waals surface area contributed by atoms with Crippen LogP contribution in [0.1, 0.15) is 27.5 Å². The molecule has 1 aliphatic heterocycles. The lowest BCUT2D eigenvalue weighted by Gasteiger charge is -2.19. The number of nitrogens with zero attached hydrogens (tertiary/aromatic N) is 8. The van der Waals surface area contributed by atoms with Crippen LogP contribution < -0.4 is 16.1 Å². The first kappa shape index (κ1) is 24.5. The van der Waals surface area contributed by atoms with Crippen LogP contribution in [0.25, 0.3) is 17.1 Å². The lowest BCUT2D eigenvalue weighted by molar-refractivity contribution is -0.384. The van der Waals surface area contributed by atoms with E-state index in [1.54, 1.807) is 24.3 Å². The van der Waals surface area contributed by atoms with E-state index < -0.39 is 10.8 Å². The van der Waals surface area contributed by atoms with Crippen molar-refractivity contribution in [2.75, 3.05) is 17.2 Å². The summed E-state index contributed by atoms with van der Waals surface area (Å²) >= 11 is 0. The highest BCUT2D eigenvalue weighted by molar-refractivity contribution is 5.94. The Balaban J connectivity index is 1.22. The molecule has 200 valence electrons. The fourth-order valence-corrected chi connectivity index (χ4v) is 4.44. The van der Waals surface area contributed by atoms with Crippen LogP contribution >= 0.6 is 0 Å². The molecule has 0 saturated carbocycles. The average molecular weight is 541 g/mol. The number of benzene rings is 2. The van der Waals surface area contributed by atoms with Crippen LogP contribution in [-0.2, 0) is 13.0 Å². The Morgan fingerprint density at radius 3 is 2.88 bits per heavy atom. The highest BCUT2D eigenvalue weighted by Crippen LogP contribution is 2.30. The van der Waals surface area contributed by atoms with Gasteiger partial charge in [0.25, 0.3) is 11.6 Å². The number of fused-ring (bicyclic) bond motifs is 1. The second-order valence-corrected chi connectivity index (χ2v) is 8.78. The number of amides is 1. The van der Waals surface area contributed by atoms with E-state index in [9.17, 15) is 14.9 Å². The van der Waals surface area contributed by atoms with Crippen molar-refractivity contribution in [3.63, 3.8) is 0 Å². The summed E-state index contributed by atoms with van der Waals surface area (Å²) in [4.78, 5) is 25.8. The molecule has 0 aliphatic carbocycles. The number of carbonyl (C=O) groups is 1. The van der Waals surface area contributed by atoms with Gasteiger partial charge < -0.3 is 15.1 Å². The van der Waals surface area contributed by atoms with E-state index in [1.807, 2.05) is 18.2 Å². The van der Waals surface area contributed by atoms with E-state index in [1.165, 1.54) is 28.6 Å². The number of nitrogens with one attached hydrogen (secondary N) is 1. The molecule has 0 unspecified atom stereocenters. The molecule has 4 heterocycles. The number of non-ortho nitro benzene ring substituents is 1. The van der Waals surface area contributed by atoms with Crippen LogP contribution in [0.2, 0.25) is 0 Å². The lowest BCUT2D eigenvalue weighted by Crippen LogP contribution is -2.26. The van der Waals surface area contributed by atoms with Gasteiger partial charge in [-0.05, 0) is 40.5 Å². The Hall–Kier alpha value is -5.86. The Bertz CT molecular complexity index is 1750. The monoisotopic (exact) mass is 540 g/mol. The van der Waals surface area contributed by atoms with Gasteiger partial charge in [0.2, 0.25) is 11.6 Å². The van der Waals surface area contributed by atoms with Gasteiger partial charge in [-0.3, -0.25) is 14.9 Å². The number of hydrogen-bond acceptors (Lipinski definition) is 12. The predicted octanol–water partition coefficient (Wildman–Crippen LogP) is 2.73. The van der Waals surface area contributed by atoms with Gasteiger partial charge in [-0.2, -0.15) is 9.78 Å². The highest BCUT2D eigenvalue weighted by atomic mass is 16.6. The van der Waals surface area contributed by atoms with Crippen LogP contribution in [0.4, 0.5) is 17.2 Å². The summed E-state index contributed by atoms with van der Waals surface area (Å²) in [5.41, 5.74) is 11.5. The highest BCUT2D eigenvalue weighted by Gasteiger charge is 2.28. The van der Waals surface area contributed by atoms with Gasteiger partial charge in [-0.1, -0.05) is 35.5 Å². The largest absolute Gasteiger partial charge is 0.455 e. The topological polar surface area (TPSA) is 197 Å². The van der Waals surface area contributed by atoms with E-state index in [4.69, 9.17) is 14.8 Å². The van der Waals surface area contributed by atoms with Crippen molar-refractivity contribution in [1.29, 1.82) is 0 Å². The minimum absolute atomic E-state index is 0.00433. The smallest absolute Gasteiger partial charge is 0.293 e.